The van der Waals surface area contributed by atoms with Crippen molar-refractivity contribution in [2.24, 2.45) is 0 Å². The average molecular weight is 329 g/mol. The van der Waals surface area contributed by atoms with Crippen LogP contribution in [-0.4, -0.2) is 79.7 Å². The van der Waals surface area contributed by atoms with Gasteiger partial charge in [-0.25, -0.2) is 4.98 Å². The number of ether oxygens (including phenoxy) is 1. The molecule has 0 bridgehead atoms. The number of morpholine rings is 1. The van der Waals surface area contributed by atoms with Crippen LogP contribution in [0.25, 0.3) is 0 Å². The van der Waals surface area contributed by atoms with Gasteiger partial charge in [-0.15, -0.1) is 0 Å². The summed E-state index contributed by atoms with van der Waals surface area (Å²) in [5, 5.41) is 9.25. The lowest BCUT2D eigenvalue weighted by molar-refractivity contribution is -0.136. The van der Waals surface area contributed by atoms with Crippen LogP contribution in [0.15, 0.2) is 18.3 Å². The van der Waals surface area contributed by atoms with E-state index in [1.807, 2.05) is 4.90 Å². The quantitative estimate of drug-likeness (QED) is 0.795. The van der Waals surface area contributed by atoms with Gasteiger partial charge in [0.2, 0.25) is 5.91 Å². The van der Waals surface area contributed by atoms with Crippen LogP contribution < -0.4 is 4.90 Å². The molecule has 3 heterocycles. The lowest BCUT2D eigenvalue weighted by atomic mass is 10.2. The Labute approximate surface area is 142 Å². The molecule has 0 N–H and O–H groups in total. The average Bonchev–Trinajstić information content (AvgIpc) is 2.88. The number of hydrogen-bond acceptors (Lipinski definition) is 6. The van der Waals surface area contributed by atoms with E-state index in [0.717, 1.165) is 38.4 Å². The smallest absolute Gasteiger partial charge is 0.236 e. The summed E-state index contributed by atoms with van der Waals surface area (Å²) in [4.78, 5) is 23.0. The van der Waals surface area contributed by atoms with Crippen molar-refractivity contribution in [3.8, 4) is 6.07 Å². The molecule has 0 aromatic carbocycles. The van der Waals surface area contributed by atoms with Crippen molar-refractivity contribution < 1.29 is 9.53 Å². The van der Waals surface area contributed by atoms with Crippen LogP contribution in [0.4, 0.5) is 5.82 Å². The van der Waals surface area contributed by atoms with Gasteiger partial charge in [0, 0.05) is 45.5 Å². The van der Waals surface area contributed by atoms with Crippen molar-refractivity contribution in [2.75, 3.05) is 63.9 Å². The van der Waals surface area contributed by atoms with E-state index in [2.05, 4.69) is 20.9 Å². The largest absolute Gasteiger partial charge is 0.378 e. The van der Waals surface area contributed by atoms with Gasteiger partial charge in [-0.2, -0.15) is 5.26 Å². The monoisotopic (exact) mass is 329 g/mol. The van der Waals surface area contributed by atoms with E-state index in [1.165, 1.54) is 0 Å². The van der Waals surface area contributed by atoms with E-state index < -0.39 is 0 Å². The minimum Gasteiger partial charge on any atom is -0.378 e. The number of hydrogen-bond donors (Lipinski definition) is 0. The summed E-state index contributed by atoms with van der Waals surface area (Å²) in [5.74, 6) is 0.934. The van der Waals surface area contributed by atoms with Gasteiger partial charge in [0.15, 0.2) is 0 Å². The number of nitriles is 1. The van der Waals surface area contributed by atoms with Gasteiger partial charge in [-0.05, 0) is 18.6 Å². The summed E-state index contributed by atoms with van der Waals surface area (Å²) in [6.45, 7) is 6.44. The zero-order chi connectivity index (χ0) is 16.8. The third kappa shape index (κ3) is 4.02. The molecule has 2 aliphatic rings. The molecule has 1 aromatic heterocycles. The SMILES string of the molecule is N#Cc1cccnc1N1CCCN(CC(=O)N2CCOCC2)CC1. The second-order valence-corrected chi connectivity index (χ2v) is 6.10. The van der Waals surface area contributed by atoms with Crippen LogP contribution >= 0.6 is 0 Å². The van der Waals surface area contributed by atoms with Crippen LogP contribution in [0.5, 0.6) is 0 Å². The molecule has 128 valence electrons. The molecule has 0 saturated carbocycles. The summed E-state index contributed by atoms with van der Waals surface area (Å²) in [5.41, 5.74) is 0.607. The van der Waals surface area contributed by atoms with E-state index in [9.17, 15) is 10.1 Å². The number of rotatable bonds is 3. The fraction of sp³-hybridized carbons (Fsp3) is 0.588. The molecule has 1 aromatic rings. The Kier molecular flexibility index (Phi) is 5.62. The van der Waals surface area contributed by atoms with Crippen LogP contribution in [-0.2, 0) is 9.53 Å². The predicted molar refractivity (Wildman–Crippen MR) is 89.6 cm³/mol. The molecule has 2 aliphatic heterocycles. The fourth-order valence-corrected chi connectivity index (χ4v) is 3.18. The molecule has 0 unspecified atom stereocenters. The Balaban J connectivity index is 1.57. The third-order valence-corrected chi connectivity index (χ3v) is 4.52. The predicted octanol–water partition coefficient (Wildman–Crippen LogP) is 0.324. The number of carbonyl (C=O) groups is 1. The molecule has 0 atom stereocenters. The first-order chi connectivity index (χ1) is 11.8. The summed E-state index contributed by atoms with van der Waals surface area (Å²) in [6, 6.07) is 5.79. The van der Waals surface area contributed by atoms with Gasteiger partial charge in [0.05, 0.1) is 25.3 Å². The van der Waals surface area contributed by atoms with Crippen LogP contribution in [0.2, 0.25) is 0 Å². The summed E-state index contributed by atoms with van der Waals surface area (Å²) in [6.07, 6.45) is 2.68. The molecule has 24 heavy (non-hydrogen) atoms. The molecule has 2 fully saturated rings. The highest BCUT2D eigenvalue weighted by Crippen LogP contribution is 2.18. The molecule has 0 radical (unpaired) electrons. The van der Waals surface area contributed by atoms with E-state index in [4.69, 9.17) is 4.74 Å². The summed E-state index contributed by atoms with van der Waals surface area (Å²) in [7, 11) is 0. The number of anilines is 1. The van der Waals surface area contributed by atoms with Crippen LogP contribution in [0.1, 0.15) is 12.0 Å². The molecular formula is C17H23N5O2. The minimum absolute atomic E-state index is 0.183. The molecular weight excluding hydrogens is 306 g/mol. The van der Waals surface area contributed by atoms with Gasteiger partial charge < -0.3 is 14.5 Å². The highest BCUT2D eigenvalue weighted by atomic mass is 16.5. The Bertz CT molecular complexity index is 609. The molecule has 3 rings (SSSR count). The van der Waals surface area contributed by atoms with Crippen molar-refractivity contribution in [3.05, 3.63) is 23.9 Å². The Morgan fingerprint density at radius 1 is 1.21 bits per heavy atom. The lowest BCUT2D eigenvalue weighted by Crippen LogP contribution is -2.46. The van der Waals surface area contributed by atoms with E-state index in [-0.39, 0.29) is 5.91 Å². The standard InChI is InChI=1S/C17H23N5O2/c18-13-15-3-1-4-19-17(15)22-6-2-5-20(7-8-22)14-16(23)21-9-11-24-12-10-21/h1,3-4H,2,5-12,14H2. The minimum atomic E-state index is 0.183. The first-order valence-electron chi connectivity index (χ1n) is 8.46. The topological polar surface area (TPSA) is 72.7 Å². The number of carbonyl (C=O) groups excluding carboxylic acids is 1. The molecule has 1 amide bonds. The van der Waals surface area contributed by atoms with Crippen molar-refractivity contribution in [3.63, 3.8) is 0 Å². The van der Waals surface area contributed by atoms with Crippen molar-refractivity contribution >= 4 is 11.7 Å². The Morgan fingerprint density at radius 2 is 2.04 bits per heavy atom. The summed E-state index contributed by atoms with van der Waals surface area (Å²) >= 11 is 0. The molecule has 0 spiro atoms. The van der Waals surface area contributed by atoms with Crippen molar-refractivity contribution in [1.29, 1.82) is 5.26 Å². The van der Waals surface area contributed by atoms with Crippen LogP contribution in [0.3, 0.4) is 0 Å². The second kappa shape index (κ2) is 8.08. The highest BCUT2D eigenvalue weighted by Gasteiger charge is 2.22. The maximum atomic E-state index is 12.4. The van der Waals surface area contributed by atoms with Crippen LogP contribution in [0, 0.1) is 11.3 Å². The number of pyridine rings is 1. The summed E-state index contributed by atoms with van der Waals surface area (Å²) < 4.78 is 5.30. The normalized spacial score (nSPS) is 19.6. The van der Waals surface area contributed by atoms with Crippen molar-refractivity contribution in [1.82, 2.24) is 14.8 Å². The van der Waals surface area contributed by atoms with E-state index >= 15 is 0 Å². The first kappa shape index (κ1) is 16.7. The first-order valence-corrected chi connectivity index (χ1v) is 8.46. The second-order valence-electron chi connectivity index (χ2n) is 6.10. The molecule has 7 nitrogen and oxygen atoms in total. The van der Waals surface area contributed by atoms with E-state index in [0.29, 0.717) is 38.4 Å². The Hall–Kier alpha value is -2.17. The number of amides is 1. The number of aromatic nitrogens is 1. The number of nitrogens with zero attached hydrogens (tertiary/aromatic N) is 5. The molecule has 7 heteroatoms. The lowest BCUT2D eigenvalue weighted by Gasteiger charge is -2.29. The Morgan fingerprint density at radius 3 is 2.83 bits per heavy atom. The van der Waals surface area contributed by atoms with Gasteiger partial charge in [0.1, 0.15) is 11.9 Å². The van der Waals surface area contributed by atoms with E-state index in [1.54, 1.807) is 18.3 Å². The maximum Gasteiger partial charge on any atom is 0.236 e. The molecule has 2 saturated heterocycles. The van der Waals surface area contributed by atoms with Gasteiger partial charge in [-0.3, -0.25) is 9.69 Å². The third-order valence-electron chi connectivity index (χ3n) is 4.52. The van der Waals surface area contributed by atoms with Crippen molar-refractivity contribution in [2.45, 2.75) is 6.42 Å². The molecule has 0 aliphatic carbocycles. The highest BCUT2D eigenvalue weighted by molar-refractivity contribution is 5.78. The zero-order valence-corrected chi connectivity index (χ0v) is 13.9. The zero-order valence-electron chi connectivity index (χ0n) is 13.9. The van der Waals surface area contributed by atoms with Gasteiger partial charge >= 0.3 is 0 Å². The van der Waals surface area contributed by atoms with Gasteiger partial charge in [0.25, 0.3) is 0 Å². The maximum absolute atomic E-state index is 12.4. The fourth-order valence-electron chi connectivity index (χ4n) is 3.18. The van der Waals surface area contributed by atoms with Gasteiger partial charge in [-0.1, -0.05) is 0 Å².